The number of hydrogen-bond donors (Lipinski definition) is 2. The van der Waals surface area contributed by atoms with Crippen LogP contribution in [0.4, 0.5) is 4.39 Å². The lowest BCUT2D eigenvalue weighted by Gasteiger charge is -2.12. The number of carbonyl (C=O) groups is 1. The lowest BCUT2D eigenvalue weighted by Crippen LogP contribution is -2.26. The van der Waals surface area contributed by atoms with Gasteiger partial charge in [-0.15, -0.1) is 0 Å². The van der Waals surface area contributed by atoms with Gasteiger partial charge in [-0.1, -0.05) is 30.3 Å². The molecule has 0 heterocycles. The molecule has 0 spiro atoms. The zero-order valence-corrected chi connectivity index (χ0v) is 12.3. The average molecular weight is 303 g/mol. The number of ether oxygens (including phenoxy) is 1. The molecule has 116 valence electrons. The fraction of sp³-hybridized carbons (Fsp3) is 0.235. The number of carbonyl (C=O) groups excluding carboxylic acids is 1. The molecule has 2 rings (SSSR count). The third-order valence-corrected chi connectivity index (χ3v) is 3.31. The second kappa shape index (κ2) is 7.56. The summed E-state index contributed by atoms with van der Waals surface area (Å²) in [5, 5.41) is 12.6. The third-order valence-electron chi connectivity index (χ3n) is 3.31. The van der Waals surface area contributed by atoms with Gasteiger partial charge in [0.05, 0.1) is 18.8 Å². The van der Waals surface area contributed by atoms with Crippen molar-refractivity contribution in [2.45, 2.75) is 12.5 Å². The van der Waals surface area contributed by atoms with Gasteiger partial charge in [0.25, 0.3) is 5.91 Å². The number of aliphatic hydroxyl groups excluding tert-OH is 1. The minimum absolute atomic E-state index is 0.0463. The molecule has 22 heavy (non-hydrogen) atoms. The number of hydrogen-bond acceptors (Lipinski definition) is 3. The molecule has 1 atom stereocenters. The maximum Gasteiger partial charge on any atom is 0.254 e. The summed E-state index contributed by atoms with van der Waals surface area (Å²) in [6, 6.07) is 13.2. The standard InChI is InChI=1S/C17H18FNO3/c1-22-13-7-8-14(15(18)11-13)17(21)19-10-9-16(20)12-5-3-2-4-6-12/h2-8,11,16,20H,9-10H2,1H3,(H,19,21). The van der Waals surface area contributed by atoms with Crippen molar-refractivity contribution >= 4 is 5.91 Å². The molecule has 0 radical (unpaired) electrons. The first kappa shape index (κ1) is 16.0. The molecule has 5 heteroatoms. The molecule has 2 N–H and O–H groups in total. The molecule has 0 aliphatic heterocycles. The van der Waals surface area contributed by atoms with Crippen LogP contribution in [0, 0.1) is 5.82 Å². The highest BCUT2D eigenvalue weighted by molar-refractivity contribution is 5.94. The van der Waals surface area contributed by atoms with Gasteiger partial charge in [-0.05, 0) is 24.1 Å². The van der Waals surface area contributed by atoms with Crippen LogP contribution < -0.4 is 10.1 Å². The van der Waals surface area contributed by atoms with E-state index in [9.17, 15) is 14.3 Å². The second-order valence-electron chi connectivity index (χ2n) is 4.82. The van der Waals surface area contributed by atoms with E-state index in [0.29, 0.717) is 12.2 Å². The Labute approximate surface area is 128 Å². The Morgan fingerprint density at radius 1 is 1.27 bits per heavy atom. The summed E-state index contributed by atoms with van der Waals surface area (Å²) in [5.74, 6) is -0.797. The van der Waals surface area contributed by atoms with Crippen LogP contribution in [0.15, 0.2) is 48.5 Å². The molecule has 0 aliphatic carbocycles. The number of nitrogens with one attached hydrogen (secondary N) is 1. The van der Waals surface area contributed by atoms with Gasteiger partial charge in [0.1, 0.15) is 11.6 Å². The molecular weight excluding hydrogens is 285 g/mol. The topological polar surface area (TPSA) is 58.6 Å². The summed E-state index contributed by atoms with van der Waals surface area (Å²) < 4.78 is 18.6. The van der Waals surface area contributed by atoms with E-state index in [1.54, 1.807) is 0 Å². The monoisotopic (exact) mass is 303 g/mol. The van der Waals surface area contributed by atoms with Crippen molar-refractivity contribution in [1.29, 1.82) is 0 Å². The predicted octanol–water partition coefficient (Wildman–Crippen LogP) is 2.69. The van der Waals surface area contributed by atoms with E-state index in [1.807, 2.05) is 30.3 Å². The fourth-order valence-electron chi connectivity index (χ4n) is 2.07. The Kier molecular flexibility index (Phi) is 5.49. The second-order valence-corrected chi connectivity index (χ2v) is 4.82. The van der Waals surface area contributed by atoms with E-state index in [1.165, 1.54) is 19.2 Å². The van der Waals surface area contributed by atoms with Gasteiger partial charge < -0.3 is 15.2 Å². The molecule has 0 saturated carbocycles. The van der Waals surface area contributed by atoms with Crippen molar-refractivity contribution in [3.63, 3.8) is 0 Å². The molecule has 2 aromatic rings. The smallest absolute Gasteiger partial charge is 0.254 e. The first-order chi connectivity index (χ1) is 10.6. The zero-order chi connectivity index (χ0) is 15.9. The number of halogens is 1. The quantitative estimate of drug-likeness (QED) is 0.862. The van der Waals surface area contributed by atoms with E-state index in [0.717, 1.165) is 11.6 Å². The normalized spacial score (nSPS) is 11.8. The van der Waals surface area contributed by atoms with Gasteiger partial charge in [0.15, 0.2) is 0 Å². The van der Waals surface area contributed by atoms with Crippen LogP contribution in [0.2, 0.25) is 0 Å². The lowest BCUT2D eigenvalue weighted by atomic mass is 10.1. The molecule has 0 fully saturated rings. The van der Waals surface area contributed by atoms with Crippen molar-refractivity contribution in [2.24, 2.45) is 0 Å². The van der Waals surface area contributed by atoms with Crippen LogP contribution in [-0.4, -0.2) is 24.7 Å². The molecule has 0 aliphatic rings. The van der Waals surface area contributed by atoms with E-state index >= 15 is 0 Å². The average Bonchev–Trinajstić information content (AvgIpc) is 2.55. The molecule has 0 aromatic heterocycles. The summed E-state index contributed by atoms with van der Waals surface area (Å²) in [6.45, 7) is 0.250. The van der Waals surface area contributed by atoms with Crippen molar-refractivity contribution in [3.8, 4) is 5.75 Å². The summed E-state index contributed by atoms with van der Waals surface area (Å²) >= 11 is 0. The zero-order valence-electron chi connectivity index (χ0n) is 12.3. The van der Waals surface area contributed by atoms with Crippen molar-refractivity contribution in [2.75, 3.05) is 13.7 Å². The van der Waals surface area contributed by atoms with Crippen LogP contribution in [0.1, 0.15) is 28.4 Å². The Morgan fingerprint density at radius 2 is 2.00 bits per heavy atom. The lowest BCUT2D eigenvalue weighted by molar-refractivity contribution is 0.0938. The molecule has 2 aromatic carbocycles. The summed E-state index contributed by atoms with van der Waals surface area (Å²) in [7, 11) is 1.43. The Balaban J connectivity index is 1.88. The number of benzene rings is 2. The number of amides is 1. The SMILES string of the molecule is COc1ccc(C(=O)NCCC(O)c2ccccc2)c(F)c1. The highest BCUT2D eigenvalue weighted by atomic mass is 19.1. The minimum Gasteiger partial charge on any atom is -0.497 e. The number of methoxy groups -OCH3 is 1. The van der Waals surface area contributed by atoms with Gasteiger partial charge in [-0.3, -0.25) is 4.79 Å². The van der Waals surface area contributed by atoms with E-state index in [-0.39, 0.29) is 12.1 Å². The van der Waals surface area contributed by atoms with Crippen LogP contribution in [0.25, 0.3) is 0 Å². The maximum atomic E-state index is 13.7. The Hall–Kier alpha value is -2.40. The molecule has 1 unspecified atom stereocenters. The van der Waals surface area contributed by atoms with Gasteiger partial charge >= 0.3 is 0 Å². The summed E-state index contributed by atoms with van der Waals surface area (Å²) in [6.07, 6.45) is -0.310. The Bertz CT molecular complexity index is 631. The molecular formula is C17H18FNO3. The molecule has 4 nitrogen and oxygen atoms in total. The van der Waals surface area contributed by atoms with Crippen molar-refractivity contribution in [1.82, 2.24) is 5.32 Å². The molecule has 0 bridgehead atoms. The fourth-order valence-corrected chi connectivity index (χ4v) is 2.07. The van der Waals surface area contributed by atoms with Gasteiger partial charge in [-0.25, -0.2) is 4.39 Å². The first-order valence-corrected chi connectivity index (χ1v) is 6.96. The van der Waals surface area contributed by atoms with E-state index in [4.69, 9.17) is 4.74 Å². The predicted molar refractivity (Wildman–Crippen MR) is 81.3 cm³/mol. The number of aliphatic hydroxyl groups is 1. The van der Waals surface area contributed by atoms with Crippen LogP contribution >= 0.6 is 0 Å². The van der Waals surface area contributed by atoms with Gasteiger partial charge in [0.2, 0.25) is 0 Å². The van der Waals surface area contributed by atoms with Gasteiger partial charge in [0, 0.05) is 12.6 Å². The minimum atomic E-state index is -0.665. The molecule has 0 saturated heterocycles. The highest BCUT2D eigenvalue weighted by Crippen LogP contribution is 2.17. The Morgan fingerprint density at radius 3 is 2.64 bits per heavy atom. The summed E-state index contributed by atoms with van der Waals surface area (Å²) in [4.78, 5) is 11.9. The summed E-state index contributed by atoms with van der Waals surface area (Å²) in [5.41, 5.74) is 0.738. The highest BCUT2D eigenvalue weighted by Gasteiger charge is 2.13. The number of rotatable bonds is 6. The van der Waals surface area contributed by atoms with Crippen LogP contribution in [-0.2, 0) is 0 Å². The van der Waals surface area contributed by atoms with Crippen LogP contribution in [0.3, 0.4) is 0 Å². The van der Waals surface area contributed by atoms with Crippen LogP contribution in [0.5, 0.6) is 5.75 Å². The van der Waals surface area contributed by atoms with E-state index in [2.05, 4.69) is 5.32 Å². The van der Waals surface area contributed by atoms with Crippen molar-refractivity contribution in [3.05, 3.63) is 65.5 Å². The first-order valence-electron chi connectivity index (χ1n) is 6.96. The van der Waals surface area contributed by atoms with Gasteiger partial charge in [-0.2, -0.15) is 0 Å². The van der Waals surface area contributed by atoms with Crippen molar-refractivity contribution < 1.29 is 19.0 Å². The van der Waals surface area contributed by atoms with E-state index < -0.39 is 17.8 Å². The molecule has 1 amide bonds. The largest absolute Gasteiger partial charge is 0.497 e. The maximum absolute atomic E-state index is 13.7. The third kappa shape index (κ3) is 4.05.